The Morgan fingerprint density at radius 3 is 2.85 bits per heavy atom. The second-order valence-corrected chi connectivity index (χ2v) is 4.83. The molecule has 7 nitrogen and oxygen atoms in total. The molecule has 0 bridgehead atoms. The average molecular weight is 277 g/mol. The third kappa shape index (κ3) is 2.72. The molecule has 1 aliphatic heterocycles. The van der Waals surface area contributed by atoms with Crippen molar-refractivity contribution in [3.8, 4) is 0 Å². The summed E-state index contributed by atoms with van der Waals surface area (Å²) < 4.78 is 0. The van der Waals surface area contributed by atoms with Crippen LogP contribution in [0, 0.1) is 0 Å². The van der Waals surface area contributed by atoms with Gasteiger partial charge in [-0.2, -0.15) is 0 Å². The van der Waals surface area contributed by atoms with Crippen LogP contribution < -0.4 is 11.1 Å². The quantitative estimate of drug-likeness (QED) is 0.736. The number of piperazine rings is 1. The van der Waals surface area contributed by atoms with E-state index in [0.717, 1.165) is 6.54 Å². The Morgan fingerprint density at radius 1 is 1.45 bits per heavy atom. The summed E-state index contributed by atoms with van der Waals surface area (Å²) >= 11 is 0. The van der Waals surface area contributed by atoms with Crippen LogP contribution in [0.1, 0.15) is 10.4 Å². The van der Waals surface area contributed by atoms with Crippen LogP contribution in [0.25, 0.3) is 0 Å². The molecule has 0 radical (unpaired) electrons. The third-order valence-electron chi connectivity index (χ3n) is 3.46. The second kappa shape index (κ2) is 5.87. The highest BCUT2D eigenvalue weighted by atomic mass is 16.2. The molecule has 1 unspecified atom stereocenters. The number of carbonyl (C=O) groups is 2. The van der Waals surface area contributed by atoms with Crippen molar-refractivity contribution < 1.29 is 9.59 Å². The van der Waals surface area contributed by atoms with Gasteiger partial charge in [0.1, 0.15) is 11.9 Å². The van der Waals surface area contributed by atoms with Crippen molar-refractivity contribution in [2.24, 2.45) is 0 Å². The molecular formula is C13H19N5O2. The first-order valence-corrected chi connectivity index (χ1v) is 6.46. The normalized spacial score (nSPS) is 19.7. The Kier molecular flexibility index (Phi) is 4.19. The SMILES string of the molecule is CNC(=O)C1CN(C)CCN1C(=O)c1cccnc1N. The minimum Gasteiger partial charge on any atom is -0.383 e. The molecule has 0 spiro atoms. The fourth-order valence-corrected chi connectivity index (χ4v) is 2.31. The van der Waals surface area contributed by atoms with Gasteiger partial charge in [0.05, 0.1) is 5.56 Å². The molecule has 1 fully saturated rings. The van der Waals surface area contributed by atoms with Crippen molar-refractivity contribution >= 4 is 17.6 Å². The van der Waals surface area contributed by atoms with E-state index >= 15 is 0 Å². The van der Waals surface area contributed by atoms with Gasteiger partial charge in [0.25, 0.3) is 5.91 Å². The number of amides is 2. The number of hydrogen-bond acceptors (Lipinski definition) is 5. The van der Waals surface area contributed by atoms with Crippen molar-refractivity contribution in [2.45, 2.75) is 6.04 Å². The Morgan fingerprint density at radius 2 is 2.20 bits per heavy atom. The molecule has 3 N–H and O–H groups in total. The summed E-state index contributed by atoms with van der Waals surface area (Å²) in [6.45, 7) is 1.72. The summed E-state index contributed by atoms with van der Waals surface area (Å²) in [5.41, 5.74) is 6.08. The van der Waals surface area contributed by atoms with Crippen LogP contribution in [0.3, 0.4) is 0 Å². The Bertz CT molecular complexity index is 519. The number of likely N-dealkylation sites (N-methyl/N-ethyl adjacent to an activating group) is 2. The molecule has 1 atom stereocenters. The molecule has 2 rings (SSSR count). The number of hydrogen-bond donors (Lipinski definition) is 2. The lowest BCUT2D eigenvalue weighted by atomic mass is 10.1. The highest BCUT2D eigenvalue weighted by Crippen LogP contribution is 2.16. The van der Waals surface area contributed by atoms with Crippen molar-refractivity contribution in [3.63, 3.8) is 0 Å². The van der Waals surface area contributed by atoms with Crippen LogP contribution in [0.5, 0.6) is 0 Å². The van der Waals surface area contributed by atoms with E-state index in [9.17, 15) is 9.59 Å². The summed E-state index contributed by atoms with van der Waals surface area (Å²) in [7, 11) is 3.49. The third-order valence-corrected chi connectivity index (χ3v) is 3.46. The van der Waals surface area contributed by atoms with Crippen molar-refractivity contribution in [1.29, 1.82) is 0 Å². The molecule has 20 heavy (non-hydrogen) atoms. The maximum atomic E-state index is 12.6. The first kappa shape index (κ1) is 14.3. The Labute approximate surface area is 117 Å². The lowest BCUT2D eigenvalue weighted by Gasteiger charge is -2.38. The van der Waals surface area contributed by atoms with Crippen LogP contribution in [0.2, 0.25) is 0 Å². The van der Waals surface area contributed by atoms with Gasteiger partial charge in [0.15, 0.2) is 0 Å². The zero-order valence-corrected chi connectivity index (χ0v) is 11.7. The minimum absolute atomic E-state index is 0.174. The van der Waals surface area contributed by atoms with E-state index in [1.807, 2.05) is 11.9 Å². The first-order chi connectivity index (χ1) is 9.54. The topological polar surface area (TPSA) is 91.6 Å². The van der Waals surface area contributed by atoms with Gasteiger partial charge in [-0.3, -0.25) is 9.59 Å². The molecule has 7 heteroatoms. The highest BCUT2D eigenvalue weighted by molar-refractivity contribution is 6.00. The number of nitrogens with one attached hydrogen (secondary N) is 1. The molecule has 108 valence electrons. The number of nitrogen functional groups attached to an aromatic ring is 1. The van der Waals surface area contributed by atoms with E-state index in [1.165, 1.54) is 6.20 Å². The summed E-state index contributed by atoms with van der Waals surface area (Å²) in [5, 5.41) is 2.60. The fourth-order valence-electron chi connectivity index (χ4n) is 2.31. The standard InChI is InChI=1S/C13H19N5O2/c1-15-12(19)10-8-17(2)6-7-18(10)13(20)9-4-3-5-16-11(9)14/h3-5,10H,6-8H2,1-2H3,(H2,14,16)(H,15,19). The maximum Gasteiger partial charge on any atom is 0.258 e. The number of aromatic nitrogens is 1. The summed E-state index contributed by atoms with van der Waals surface area (Å²) in [5.74, 6) is -0.239. The zero-order chi connectivity index (χ0) is 14.7. The lowest BCUT2D eigenvalue weighted by molar-refractivity contribution is -0.126. The zero-order valence-electron chi connectivity index (χ0n) is 11.7. The second-order valence-electron chi connectivity index (χ2n) is 4.83. The summed E-state index contributed by atoms with van der Waals surface area (Å²) in [4.78, 5) is 32.0. The smallest absolute Gasteiger partial charge is 0.258 e. The van der Waals surface area contributed by atoms with E-state index in [1.54, 1.807) is 24.1 Å². The van der Waals surface area contributed by atoms with Crippen LogP contribution in [0.4, 0.5) is 5.82 Å². The van der Waals surface area contributed by atoms with Gasteiger partial charge in [-0.15, -0.1) is 0 Å². The number of anilines is 1. The Hall–Kier alpha value is -2.15. The van der Waals surface area contributed by atoms with Gasteiger partial charge in [-0.25, -0.2) is 4.98 Å². The molecule has 0 aromatic carbocycles. The number of carbonyl (C=O) groups excluding carboxylic acids is 2. The van der Waals surface area contributed by atoms with Gasteiger partial charge in [-0.1, -0.05) is 0 Å². The molecule has 1 saturated heterocycles. The van der Waals surface area contributed by atoms with Gasteiger partial charge in [0.2, 0.25) is 5.91 Å². The van der Waals surface area contributed by atoms with Crippen molar-refractivity contribution in [3.05, 3.63) is 23.9 Å². The van der Waals surface area contributed by atoms with Crippen LogP contribution >= 0.6 is 0 Å². The molecule has 2 heterocycles. The van der Waals surface area contributed by atoms with E-state index in [-0.39, 0.29) is 17.6 Å². The van der Waals surface area contributed by atoms with Gasteiger partial charge >= 0.3 is 0 Å². The molecule has 2 amide bonds. The van der Waals surface area contributed by atoms with E-state index in [4.69, 9.17) is 5.73 Å². The minimum atomic E-state index is -0.508. The number of rotatable bonds is 2. The molecule has 1 aromatic heterocycles. The lowest BCUT2D eigenvalue weighted by Crippen LogP contribution is -2.59. The molecule has 1 aromatic rings. The predicted octanol–water partition coefficient (Wildman–Crippen LogP) is -0.834. The highest BCUT2D eigenvalue weighted by Gasteiger charge is 2.34. The van der Waals surface area contributed by atoms with Crippen LogP contribution in [0.15, 0.2) is 18.3 Å². The number of pyridine rings is 1. The molecule has 0 aliphatic carbocycles. The van der Waals surface area contributed by atoms with Crippen molar-refractivity contribution in [2.75, 3.05) is 39.5 Å². The summed E-state index contributed by atoms with van der Waals surface area (Å²) in [6.07, 6.45) is 1.53. The maximum absolute atomic E-state index is 12.6. The van der Waals surface area contributed by atoms with Gasteiger partial charge < -0.3 is 20.9 Å². The van der Waals surface area contributed by atoms with E-state index in [0.29, 0.717) is 18.7 Å². The van der Waals surface area contributed by atoms with Crippen molar-refractivity contribution in [1.82, 2.24) is 20.1 Å². The van der Waals surface area contributed by atoms with Gasteiger partial charge in [0, 0.05) is 32.9 Å². The fraction of sp³-hybridized carbons (Fsp3) is 0.462. The van der Waals surface area contributed by atoms with Crippen LogP contribution in [-0.4, -0.2) is 66.4 Å². The monoisotopic (exact) mass is 277 g/mol. The Balaban J connectivity index is 2.27. The number of nitrogens with zero attached hydrogens (tertiary/aromatic N) is 3. The summed E-state index contributed by atoms with van der Waals surface area (Å²) in [6, 6.07) is 2.78. The predicted molar refractivity (Wildman–Crippen MR) is 75.0 cm³/mol. The number of nitrogens with two attached hydrogens (primary N) is 1. The van der Waals surface area contributed by atoms with E-state index in [2.05, 4.69) is 10.3 Å². The van der Waals surface area contributed by atoms with Gasteiger partial charge in [-0.05, 0) is 19.2 Å². The van der Waals surface area contributed by atoms with E-state index < -0.39 is 6.04 Å². The first-order valence-electron chi connectivity index (χ1n) is 6.46. The molecule has 0 saturated carbocycles. The average Bonchev–Trinajstić information content (AvgIpc) is 2.46. The van der Waals surface area contributed by atoms with Crippen LogP contribution in [-0.2, 0) is 4.79 Å². The largest absolute Gasteiger partial charge is 0.383 e. The molecule has 1 aliphatic rings. The molecular weight excluding hydrogens is 258 g/mol.